The predicted molar refractivity (Wildman–Crippen MR) is 223 cm³/mol. The normalized spacial score (nSPS) is 13.4. The van der Waals surface area contributed by atoms with Crippen molar-refractivity contribution in [2.75, 3.05) is 13.1 Å². The molecule has 57 heavy (non-hydrogen) atoms. The van der Waals surface area contributed by atoms with Crippen LogP contribution in [0.25, 0.3) is 0 Å². The highest BCUT2D eigenvalue weighted by atomic mass is 19.0. The van der Waals surface area contributed by atoms with E-state index in [1.54, 1.807) is 0 Å². The fraction of sp³-hybridized carbons (Fsp3) is 0.829. The average molecular weight is 824 g/mol. The third kappa shape index (κ3) is 29.1. The Kier molecular flexibility index (Phi) is 34.0. The molecule has 334 valence electrons. The molecule has 0 aliphatic rings. The lowest BCUT2D eigenvalue weighted by molar-refractivity contribution is -0.134. The van der Waals surface area contributed by atoms with Crippen LogP contribution in [-0.2, 0) is 33.6 Å². The van der Waals surface area contributed by atoms with Gasteiger partial charge in [0.15, 0.2) is 0 Å². The Morgan fingerprint density at radius 1 is 0.421 bits per heavy atom. The van der Waals surface area contributed by atoms with Crippen molar-refractivity contribution in [2.24, 2.45) is 0 Å². The van der Waals surface area contributed by atoms with Crippen molar-refractivity contribution in [1.29, 1.82) is 2.90 Å². The summed E-state index contributed by atoms with van der Waals surface area (Å²) in [5.74, 6) is -3.19. The molecule has 16 heteroatoms. The lowest BCUT2D eigenvalue weighted by Gasteiger charge is -2.26. The number of unbranched alkanes of at least 4 members (excludes halogenated alkanes) is 10. The third-order valence-electron chi connectivity index (χ3n) is 9.51. The summed E-state index contributed by atoms with van der Waals surface area (Å²) in [6.45, 7) is 12.9. The van der Waals surface area contributed by atoms with E-state index in [2.05, 4.69) is 54.0 Å². The SMILES string of the molecule is CCCCC[C@@H](C)NC(=O)[C@H](CCCCC)NC(=O)CNC(=O)[C@H](CCCCC)NC(=O)[C@H](CCCCC)NC(=O)[C@H](CCCCC)NC(=O)CNC(C)=O.[3H]F.[3H]F. The Labute approximate surface area is 344 Å². The van der Waals surface area contributed by atoms with Gasteiger partial charge >= 0.3 is 0 Å². The van der Waals surface area contributed by atoms with Crippen LogP contribution in [0.4, 0.5) is 9.44 Å². The molecule has 14 nitrogen and oxygen atoms in total. The predicted octanol–water partition coefficient (Wildman–Crippen LogP) is 4.89. The quantitative estimate of drug-likeness (QED) is 0.0457. The van der Waals surface area contributed by atoms with Crippen LogP contribution in [0.3, 0.4) is 0 Å². The van der Waals surface area contributed by atoms with Gasteiger partial charge in [0.2, 0.25) is 41.4 Å². The van der Waals surface area contributed by atoms with Crippen LogP contribution in [0.2, 0.25) is 0 Å². The zero-order valence-corrected chi connectivity index (χ0v) is 36.1. The van der Waals surface area contributed by atoms with Crippen molar-refractivity contribution in [3.05, 3.63) is 0 Å². The maximum atomic E-state index is 13.8. The zero-order valence-electron chi connectivity index (χ0n) is 38.1. The first-order chi connectivity index (χ1) is 28.3. The number of hydrogen-bond acceptors (Lipinski definition) is 7. The minimum atomic E-state index is -0.962. The van der Waals surface area contributed by atoms with E-state index < -0.39 is 53.7 Å². The van der Waals surface area contributed by atoms with Gasteiger partial charge in [0.25, 0.3) is 2.90 Å². The summed E-state index contributed by atoms with van der Waals surface area (Å²) in [7, 11) is 0. The smallest absolute Gasteiger partial charge is 0.269 e. The van der Waals surface area contributed by atoms with E-state index in [9.17, 15) is 33.6 Å². The third-order valence-corrected chi connectivity index (χ3v) is 9.51. The average Bonchev–Trinajstić information content (AvgIpc) is 3.22. The maximum absolute atomic E-state index is 13.8. The standard InChI is InChI=1S/C41H77N7O7.2FH/c1-8-13-18-23-30(6)44-39(53)33(25-20-15-10-3)45-37(51)29-43-38(52)32(24-19-14-9-2)47-41(55)35(27-22-17-12-5)48-40(54)34(26-21-16-11-4)46-36(50)28-42-31(7)49;;/h30,32-35H,8-29H2,1-7H3,(H,42,49)(H,43,52)(H,44,53)(H,45,51)(H,46,50)(H,47,55)(H,48,54);2*1H/t30-,32+,33+,34+,35+;;/m1../s1/i/hT2. The first-order valence-corrected chi connectivity index (χ1v) is 21.3. The first-order valence-electron chi connectivity index (χ1n) is 22.1. The Bertz CT molecular complexity index is 1160. The molecule has 5 atom stereocenters. The monoisotopic (exact) mass is 824 g/mol. The minimum Gasteiger partial charge on any atom is -0.352 e. The lowest BCUT2D eigenvalue weighted by atomic mass is 10.0. The van der Waals surface area contributed by atoms with Crippen molar-refractivity contribution in [3.63, 3.8) is 0 Å². The Hall–Kier alpha value is -3.85. The van der Waals surface area contributed by atoms with Gasteiger partial charge in [-0.3, -0.25) is 43.0 Å². The van der Waals surface area contributed by atoms with E-state index in [1.807, 2.05) is 27.7 Å². The van der Waals surface area contributed by atoms with E-state index >= 15 is 0 Å². The number of amides is 7. The molecule has 0 aliphatic heterocycles. The molecule has 0 saturated carbocycles. The molecule has 0 aromatic carbocycles. The Morgan fingerprint density at radius 2 is 0.719 bits per heavy atom. The lowest BCUT2D eigenvalue weighted by Crippen LogP contribution is -2.57. The summed E-state index contributed by atoms with van der Waals surface area (Å²) in [6.07, 6.45) is 15.4. The van der Waals surface area contributed by atoms with Crippen LogP contribution < -0.4 is 37.2 Å². The van der Waals surface area contributed by atoms with Gasteiger partial charge < -0.3 is 37.2 Å². The second kappa shape index (κ2) is 36.5. The van der Waals surface area contributed by atoms with Gasteiger partial charge in [-0.15, -0.1) is 0 Å². The molecule has 0 aromatic heterocycles. The summed E-state index contributed by atoms with van der Waals surface area (Å²) in [5.41, 5.74) is 0. The number of rotatable bonds is 33. The van der Waals surface area contributed by atoms with Crippen molar-refractivity contribution >= 4 is 41.4 Å². The van der Waals surface area contributed by atoms with Crippen molar-refractivity contribution in [1.82, 2.24) is 37.2 Å². The molecule has 7 amide bonds. The minimum absolute atomic E-state index is 0.0202. The number of hydrogen-bond donors (Lipinski definition) is 7. The molecule has 0 heterocycles. The van der Waals surface area contributed by atoms with Crippen molar-refractivity contribution in [2.45, 2.75) is 207 Å². The Balaban J connectivity index is -0.00000758. The molecular weight excluding hydrogens is 740 g/mol. The molecule has 0 spiro atoms. The molecule has 7 N–H and O–H groups in total. The van der Waals surface area contributed by atoms with Crippen molar-refractivity contribution in [3.8, 4) is 0 Å². The first kappa shape index (κ1) is 53.1. The molecule has 0 fully saturated rings. The maximum Gasteiger partial charge on any atom is 0.269 e. The van der Waals surface area contributed by atoms with Crippen LogP contribution in [0.1, 0.15) is 177 Å². The van der Waals surface area contributed by atoms with E-state index in [4.69, 9.17) is 9.44 Å². The van der Waals surface area contributed by atoms with Crippen LogP contribution in [0.5, 0.6) is 0 Å². The molecule has 0 saturated heterocycles. The summed E-state index contributed by atoms with van der Waals surface area (Å²) < 4.78 is 26.0. The summed E-state index contributed by atoms with van der Waals surface area (Å²) in [5, 5.41) is 19.3. The van der Waals surface area contributed by atoms with Crippen LogP contribution in [0.15, 0.2) is 0 Å². The van der Waals surface area contributed by atoms with Crippen LogP contribution >= 0.6 is 0 Å². The highest BCUT2D eigenvalue weighted by molar-refractivity contribution is 5.96. The van der Waals surface area contributed by atoms with Gasteiger partial charge in [-0.25, -0.2) is 0 Å². The number of halogens is 2. The molecule has 0 rings (SSSR count). The van der Waals surface area contributed by atoms with Gasteiger partial charge in [0.05, 0.1) is 13.1 Å². The highest BCUT2D eigenvalue weighted by Crippen LogP contribution is 2.11. The highest BCUT2D eigenvalue weighted by Gasteiger charge is 2.30. The second-order valence-corrected chi connectivity index (χ2v) is 14.9. The summed E-state index contributed by atoms with van der Waals surface area (Å²) in [6, 6.07) is -3.57. The molecule has 0 radical (unpaired) electrons. The fourth-order valence-electron chi connectivity index (χ4n) is 6.12. The van der Waals surface area contributed by atoms with E-state index in [-0.39, 0.29) is 30.9 Å². The summed E-state index contributed by atoms with van der Waals surface area (Å²) in [4.78, 5) is 91.0. The van der Waals surface area contributed by atoms with Crippen molar-refractivity contribution < 1.29 is 43.0 Å². The van der Waals surface area contributed by atoms with Gasteiger partial charge in [0, 0.05) is 13.0 Å². The van der Waals surface area contributed by atoms with E-state index in [0.29, 0.717) is 44.9 Å². The van der Waals surface area contributed by atoms with Gasteiger partial charge in [-0.05, 0) is 39.0 Å². The van der Waals surface area contributed by atoms with Gasteiger partial charge in [-0.1, -0.05) is 131 Å². The fourth-order valence-corrected chi connectivity index (χ4v) is 6.12. The molecule has 0 unspecified atom stereocenters. The molecule has 0 aliphatic carbocycles. The van der Waals surface area contributed by atoms with Crippen LogP contribution in [0, 0.1) is 0 Å². The second-order valence-electron chi connectivity index (χ2n) is 14.9. The number of carbonyl (C=O) groups is 7. The van der Waals surface area contributed by atoms with Gasteiger partial charge in [0.1, 0.15) is 24.2 Å². The molecule has 0 aromatic rings. The van der Waals surface area contributed by atoms with E-state index in [1.165, 1.54) is 6.92 Å². The Morgan fingerprint density at radius 3 is 1.07 bits per heavy atom. The summed E-state index contributed by atoms with van der Waals surface area (Å²) >= 11 is 0. The number of carbonyl (C=O) groups excluding carboxylic acids is 7. The largest absolute Gasteiger partial charge is 0.352 e. The van der Waals surface area contributed by atoms with Gasteiger partial charge in [-0.2, -0.15) is 0 Å². The number of nitrogens with one attached hydrogen (secondary N) is 7. The molecule has 0 bridgehead atoms. The topological polar surface area (TPSA) is 204 Å². The van der Waals surface area contributed by atoms with Crippen LogP contribution in [-0.4, -0.2) is 87.6 Å². The molecular formula is C41H79F2N7O7. The van der Waals surface area contributed by atoms with E-state index in [0.717, 1.165) is 83.5 Å². The zero-order chi connectivity index (χ0) is 45.4.